The van der Waals surface area contributed by atoms with Crippen molar-refractivity contribution >= 4 is 23.7 Å². The van der Waals surface area contributed by atoms with Crippen LogP contribution in [-0.4, -0.2) is 41.5 Å². The highest BCUT2D eigenvalue weighted by Crippen LogP contribution is 2.11. The Balaban J connectivity index is 2.51. The van der Waals surface area contributed by atoms with Crippen LogP contribution in [0.1, 0.15) is 25.3 Å². The molecular formula is C16H23ClN2O3. The SMILES string of the molecule is CCCCNC(=O)NC(CO)C(O)C=Cc1ccc(Cl)cc1. The highest BCUT2D eigenvalue weighted by molar-refractivity contribution is 6.30. The van der Waals surface area contributed by atoms with Gasteiger partial charge in [-0.05, 0) is 24.1 Å². The van der Waals surface area contributed by atoms with E-state index >= 15 is 0 Å². The maximum atomic E-state index is 11.6. The number of benzene rings is 1. The van der Waals surface area contributed by atoms with Gasteiger partial charge in [0.1, 0.15) is 0 Å². The number of hydrogen-bond acceptors (Lipinski definition) is 3. The number of unbranched alkanes of at least 4 members (excludes halogenated alkanes) is 1. The number of nitrogens with one attached hydrogen (secondary N) is 2. The van der Waals surface area contributed by atoms with Gasteiger partial charge in [0.05, 0.1) is 18.8 Å². The van der Waals surface area contributed by atoms with E-state index in [1.807, 2.05) is 19.1 Å². The quantitative estimate of drug-likeness (QED) is 0.553. The molecular weight excluding hydrogens is 304 g/mol. The van der Waals surface area contributed by atoms with Crippen molar-refractivity contribution in [1.29, 1.82) is 0 Å². The van der Waals surface area contributed by atoms with E-state index in [-0.39, 0.29) is 6.61 Å². The lowest BCUT2D eigenvalue weighted by Crippen LogP contribution is -2.49. The molecule has 0 spiro atoms. The minimum Gasteiger partial charge on any atom is -0.394 e. The fourth-order valence-corrected chi connectivity index (χ4v) is 1.88. The third-order valence-electron chi connectivity index (χ3n) is 3.10. The number of aliphatic hydroxyl groups excluding tert-OH is 2. The first-order valence-electron chi connectivity index (χ1n) is 7.34. The van der Waals surface area contributed by atoms with Crippen molar-refractivity contribution in [3.05, 3.63) is 40.9 Å². The van der Waals surface area contributed by atoms with Gasteiger partial charge in [-0.25, -0.2) is 4.79 Å². The number of aliphatic hydroxyl groups is 2. The highest BCUT2D eigenvalue weighted by Gasteiger charge is 2.17. The van der Waals surface area contributed by atoms with Crippen LogP contribution in [0.25, 0.3) is 6.08 Å². The number of carbonyl (C=O) groups excluding carboxylic acids is 1. The zero-order valence-electron chi connectivity index (χ0n) is 12.6. The Hall–Kier alpha value is -1.56. The van der Waals surface area contributed by atoms with Gasteiger partial charge in [0.2, 0.25) is 0 Å². The van der Waals surface area contributed by atoms with Crippen LogP contribution in [-0.2, 0) is 0 Å². The van der Waals surface area contributed by atoms with Gasteiger partial charge in [-0.1, -0.05) is 49.2 Å². The average Bonchev–Trinajstić information content (AvgIpc) is 2.52. The molecule has 4 N–H and O–H groups in total. The maximum absolute atomic E-state index is 11.6. The van der Waals surface area contributed by atoms with Crippen molar-refractivity contribution in [2.75, 3.05) is 13.2 Å². The molecule has 0 aliphatic rings. The van der Waals surface area contributed by atoms with Gasteiger partial charge in [0.25, 0.3) is 0 Å². The van der Waals surface area contributed by atoms with Gasteiger partial charge >= 0.3 is 6.03 Å². The lowest BCUT2D eigenvalue weighted by atomic mass is 10.1. The molecule has 5 nitrogen and oxygen atoms in total. The van der Waals surface area contributed by atoms with E-state index in [2.05, 4.69) is 10.6 Å². The lowest BCUT2D eigenvalue weighted by Gasteiger charge is -2.20. The summed E-state index contributed by atoms with van der Waals surface area (Å²) in [6.45, 7) is 2.24. The summed E-state index contributed by atoms with van der Waals surface area (Å²) in [5, 5.41) is 25.2. The van der Waals surface area contributed by atoms with E-state index in [4.69, 9.17) is 11.6 Å². The molecule has 22 heavy (non-hydrogen) atoms. The van der Waals surface area contributed by atoms with E-state index in [1.165, 1.54) is 6.08 Å². The van der Waals surface area contributed by atoms with Gasteiger partial charge in [0, 0.05) is 11.6 Å². The normalized spacial score (nSPS) is 13.8. The summed E-state index contributed by atoms with van der Waals surface area (Å²) in [5.41, 5.74) is 0.868. The van der Waals surface area contributed by atoms with Crippen molar-refractivity contribution in [3.63, 3.8) is 0 Å². The van der Waals surface area contributed by atoms with Crippen LogP contribution in [0.15, 0.2) is 30.3 Å². The van der Waals surface area contributed by atoms with Crippen LogP contribution in [0.4, 0.5) is 4.79 Å². The second kappa shape index (κ2) is 10.2. The van der Waals surface area contributed by atoms with Crippen LogP contribution < -0.4 is 10.6 Å². The second-order valence-electron chi connectivity index (χ2n) is 4.94. The molecule has 0 aromatic heterocycles. The topological polar surface area (TPSA) is 81.6 Å². The summed E-state index contributed by atoms with van der Waals surface area (Å²) in [4.78, 5) is 11.6. The molecule has 122 valence electrons. The molecule has 0 bridgehead atoms. The zero-order chi connectivity index (χ0) is 16.4. The smallest absolute Gasteiger partial charge is 0.315 e. The minimum atomic E-state index is -0.988. The van der Waals surface area contributed by atoms with Gasteiger partial charge in [0.15, 0.2) is 0 Å². The predicted molar refractivity (Wildman–Crippen MR) is 88.8 cm³/mol. The van der Waals surface area contributed by atoms with Gasteiger partial charge in [-0.3, -0.25) is 0 Å². The maximum Gasteiger partial charge on any atom is 0.315 e. The molecule has 0 aliphatic carbocycles. The van der Waals surface area contributed by atoms with Gasteiger partial charge < -0.3 is 20.8 Å². The fourth-order valence-electron chi connectivity index (χ4n) is 1.75. The van der Waals surface area contributed by atoms with Crippen LogP contribution in [0, 0.1) is 0 Å². The Morgan fingerprint density at radius 2 is 2.05 bits per heavy atom. The predicted octanol–water partition coefficient (Wildman–Crippen LogP) is 2.17. The minimum absolute atomic E-state index is 0.354. The number of halogens is 1. The number of rotatable bonds is 8. The first-order chi connectivity index (χ1) is 10.6. The van der Waals surface area contributed by atoms with E-state index in [1.54, 1.807) is 18.2 Å². The third-order valence-corrected chi connectivity index (χ3v) is 3.35. The Bertz CT molecular complexity index is 477. The molecule has 0 saturated heterocycles. The van der Waals surface area contributed by atoms with Gasteiger partial charge in [-0.15, -0.1) is 0 Å². The van der Waals surface area contributed by atoms with Crippen LogP contribution in [0.5, 0.6) is 0 Å². The van der Waals surface area contributed by atoms with E-state index in [0.717, 1.165) is 18.4 Å². The van der Waals surface area contributed by atoms with E-state index in [0.29, 0.717) is 11.6 Å². The number of urea groups is 1. The standard InChI is InChI=1S/C16H23ClN2O3/c1-2-3-10-18-16(22)19-14(11-20)15(21)9-6-12-4-7-13(17)8-5-12/h4-9,14-15,20-21H,2-3,10-11H2,1H3,(H2,18,19,22). The molecule has 0 radical (unpaired) electrons. The van der Waals surface area contributed by atoms with Crippen molar-refractivity contribution in [2.24, 2.45) is 0 Å². The number of carbonyl (C=O) groups is 1. The molecule has 0 fully saturated rings. The summed E-state index contributed by atoms with van der Waals surface area (Å²) in [6.07, 6.45) is 4.11. The summed E-state index contributed by atoms with van der Waals surface area (Å²) in [7, 11) is 0. The largest absolute Gasteiger partial charge is 0.394 e. The summed E-state index contributed by atoms with van der Waals surface area (Å²) in [6, 6.07) is 5.96. The molecule has 1 aromatic rings. The third kappa shape index (κ3) is 6.93. The fraction of sp³-hybridized carbons (Fsp3) is 0.438. The zero-order valence-corrected chi connectivity index (χ0v) is 13.4. The molecule has 2 atom stereocenters. The average molecular weight is 327 g/mol. The first-order valence-corrected chi connectivity index (χ1v) is 7.71. The molecule has 1 aromatic carbocycles. The summed E-state index contributed by atoms with van der Waals surface area (Å²) < 4.78 is 0. The molecule has 0 saturated carbocycles. The van der Waals surface area contributed by atoms with Crippen molar-refractivity contribution in [3.8, 4) is 0 Å². The Labute approximate surface area is 136 Å². The van der Waals surface area contributed by atoms with Crippen molar-refractivity contribution < 1.29 is 15.0 Å². The lowest BCUT2D eigenvalue weighted by molar-refractivity contribution is 0.126. The monoisotopic (exact) mass is 326 g/mol. The first kappa shape index (κ1) is 18.5. The second-order valence-corrected chi connectivity index (χ2v) is 5.38. The molecule has 2 unspecified atom stereocenters. The summed E-state index contributed by atoms with van der Waals surface area (Å²) in [5.74, 6) is 0. The molecule has 6 heteroatoms. The van der Waals surface area contributed by atoms with Crippen molar-refractivity contribution in [1.82, 2.24) is 10.6 Å². The highest BCUT2D eigenvalue weighted by atomic mass is 35.5. The van der Waals surface area contributed by atoms with Crippen LogP contribution in [0.3, 0.4) is 0 Å². The molecule has 0 aliphatic heterocycles. The Morgan fingerprint density at radius 3 is 2.64 bits per heavy atom. The van der Waals surface area contributed by atoms with E-state index < -0.39 is 18.2 Å². The van der Waals surface area contributed by atoms with E-state index in [9.17, 15) is 15.0 Å². The van der Waals surface area contributed by atoms with Crippen LogP contribution in [0.2, 0.25) is 5.02 Å². The van der Waals surface area contributed by atoms with Crippen LogP contribution >= 0.6 is 11.6 Å². The van der Waals surface area contributed by atoms with Gasteiger partial charge in [-0.2, -0.15) is 0 Å². The number of hydrogen-bond donors (Lipinski definition) is 4. The Kier molecular flexibility index (Phi) is 8.58. The Morgan fingerprint density at radius 1 is 1.36 bits per heavy atom. The molecule has 1 rings (SSSR count). The molecule has 0 heterocycles. The summed E-state index contributed by atoms with van der Waals surface area (Å²) >= 11 is 5.80. The molecule has 2 amide bonds. The number of amides is 2. The van der Waals surface area contributed by atoms with Crippen molar-refractivity contribution in [2.45, 2.75) is 31.9 Å².